The molecule has 2 aromatic rings. The number of rotatable bonds is 4. The molecule has 1 aliphatic carbocycles. The fraction of sp³-hybridized carbons (Fsp3) is 0.375. The molecule has 0 amide bonds. The van der Waals surface area contributed by atoms with Gasteiger partial charge in [0.15, 0.2) is 5.82 Å². The van der Waals surface area contributed by atoms with Crippen molar-refractivity contribution in [2.24, 2.45) is 0 Å². The minimum absolute atomic E-state index is 0.195. The molecular weight excluding hydrogens is 253 g/mol. The van der Waals surface area contributed by atoms with Gasteiger partial charge in [-0.15, -0.1) is 0 Å². The average molecular weight is 271 g/mol. The Morgan fingerprint density at radius 1 is 1.25 bits per heavy atom. The molecule has 0 aliphatic heterocycles. The zero-order chi connectivity index (χ0) is 14.1. The number of hydrogen-bond donors (Lipinski definition) is 1. The van der Waals surface area contributed by atoms with Gasteiger partial charge in [-0.3, -0.25) is 0 Å². The predicted octanol–water partition coefficient (Wildman–Crippen LogP) is 3.90. The molecule has 104 valence electrons. The lowest BCUT2D eigenvalue weighted by molar-refractivity contribution is 0.618. The maximum atomic E-state index is 13.4. The van der Waals surface area contributed by atoms with Gasteiger partial charge < -0.3 is 5.32 Å². The highest BCUT2D eigenvalue weighted by atomic mass is 19.1. The number of halogens is 1. The summed E-state index contributed by atoms with van der Waals surface area (Å²) in [5, 5.41) is 3.24. The summed E-state index contributed by atoms with van der Waals surface area (Å²) in [5.41, 5.74) is 2.58. The van der Waals surface area contributed by atoms with Gasteiger partial charge in [0, 0.05) is 29.8 Å². The summed E-state index contributed by atoms with van der Waals surface area (Å²) >= 11 is 0. The Morgan fingerprint density at radius 2 is 2.05 bits per heavy atom. The fourth-order valence-electron chi connectivity index (χ4n) is 2.24. The molecule has 1 aliphatic rings. The van der Waals surface area contributed by atoms with Gasteiger partial charge in [-0.2, -0.15) is 0 Å². The zero-order valence-electron chi connectivity index (χ0n) is 11.8. The Bertz CT molecular complexity index is 636. The topological polar surface area (TPSA) is 37.8 Å². The number of nitrogens with zero attached hydrogens (tertiary/aromatic N) is 2. The fourth-order valence-corrected chi connectivity index (χ4v) is 2.24. The second-order valence-corrected chi connectivity index (χ2v) is 5.27. The van der Waals surface area contributed by atoms with Crippen LogP contribution in [0, 0.1) is 12.7 Å². The van der Waals surface area contributed by atoms with Crippen LogP contribution in [0.2, 0.25) is 0 Å². The first kappa shape index (κ1) is 13.0. The molecular formula is C16H18FN3. The van der Waals surface area contributed by atoms with Crippen LogP contribution in [0.5, 0.6) is 0 Å². The molecule has 1 saturated carbocycles. The third kappa shape index (κ3) is 2.64. The van der Waals surface area contributed by atoms with Gasteiger partial charge in [0.25, 0.3) is 0 Å². The molecule has 0 radical (unpaired) electrons. The summed E-state index contributed by atoms with van der Waals surface area (Å²) in [6.45, 7) is 4.62. The van der Waals surface area contributed by atoms with Crippen molar-refractivity contribution >= 4 is 5.82 Å². The van der Waals surface area contributed by atoms with E-state index in [9.17, 15) is 4.39 Å². The van der Waals surface area contributed by atoms with Crippen molar-refractivity contribution in [3.05, 3.63) is 41.3 Å². The lowest BCUT2D eigenvalue weighted by Gasteiger charge is -2.09. The molecule has 1 aromatic heterocycles. The molecule has 1 N–H and O–H groups in total. The van der Waals surface area contributed by atoms with Gasteiger partial charge in [0.05, 0.1) is 0 Å². The number of benzene rings is 1. The van der Waals surface area contributed by atoms with Crippen molar-refractivity contribution in [2.75, 3.05) is 11.9 Å². The van der Waals surface area contributed by atoms with Gasteiger partial charge in [-0.05, 0) is 50.5 Å². The Balaban J connectivity index is 2.04. The maximum absolute atomic E-state index is 13.4. The van der Waals surface area contributed by atoms with Crippen molar-refractivity contribution in [2.45, 2.75) is 32.6 Å². The number of hydrogen-bond acceptors (Lipinski definition) is 3. The highest BCUT2D eigenvalue weighted by molar-refractivity contribution is 5.59. The first-order chi connectivity index (χ1) is 9.67. The number of aromatic nitrogens is 2. The standard InChI is InChI=1S/C16H18FN3/c1-3-18-15-9-14(11-4-5-11)19-16(20-15)12-6-7-13(17)10(2)8-12/h6-9,11H,3-5H2,1-2H3,(H,18,19,20). The second kappa shape index (κ2) is 5.19. The van der Waals surface area contributed by atoms with Gasteiger partial charge in [-0.25, -0.2) is 14.4 Å². The normalized spacial score (nSPS) is 14.3. The Morgan fingerprint density at radius 3 is 2.70 bits per heavy atom. The van der Waals surface area contributed by atoms with Crippen LogP contribution in [0.15, 0.2) is 24.3 Å². The third-order valence-electron chi connectivity index (χ3n) is 3.52. The van der Waals surface area contributed by atoms with Crippen molar-refractivity contribution in [1.82, 2.24) is 9.97 Å². The molecule has 20 heavy (non-hydrogen) atoms. The SMILES string of the molecule is CCNc1cc(C2CC2)nc(-c2ccc(F)c(C)c2)n1. The summed E-state index contributed by atoms with van der Waals surface area (Å²) in [6, 6.07) is 7.05. The average Bonchev–Trinajstić information content (AvgIpc) is 3.26. The van der Waals surface area contributed by atoms with E-state index >= 15 is 0 Å². The monoisotopic (exact) mass is 271 g/mol. The zero-order valence-corrected chi connectivity index (χ0v) is 11.8. The maximum Gasteiger partial charge on any atom is 0.161 e. The van der Waals surface area contributed by atoms with E-state index in [0.717, 1.165) is 23.6 Å². The van der Waals surface area contributed by atoms with Crippen LogP contribution in [0.3, 0.4) is 0 Å². The highest BCUT2D eigenvalue weighted by Crippen LogP contribution is 2.40. The molecule has 4 heteroatoms. The first-order valence-electron chi connectivity index (χ1n) is 7.06. The summed E-state index contributed by atoms with van der Waals surface area (Å²) in [7, 11) is 0. The van der Waals surface area contributed by atoms with E-state index in [-0.39, 0.29) is 5.82 Å². The van der Waals surface area contributed by atoms with E-state index in [1.807, 2.05) is 13.0 Å². The molecule has 1 aromatic carbocycles. The lowest BCUT2D eigenvalue weighted by atomic mass is 10.1. The molecule has 0 saturated heterocycles. The van der Waals surface area contributed by atoms with Crippen LogP contribution in [0.25, 0.3) is 11.4 Å². The van der Waals surface area contributed by atoms with Gasteiger partial charge in [0.2, 0.25) is 0 Å². The minimum Gasteiger partial charge on any atom is -0.370 e. The number of anilines is 1. The molecule has 3 nitrogen and oxygen atoms in total. The summed E-state index contributed by atoms with van der Waals surface area (Å²) in [6.07, 6.45) is 2.40. The minimum atomic E-state index is -0.195. The van der Waals surface area contributed by atoms with Crippen LogP contribution in [-0.4, -0.2) is 16.5 Å². The molecule has 0 bridgehead atoms. The largest absolute Gasteiger partial charge is 0.370 e. The van der Waals surface area contributed by atoms with Crippen molar-refractivity contribution in [3.8, 4) is 11.4 Å². The van der Waals surface area contributed by atoms with Crippen molar-refractivity contribution in [3.63, 3.8) is 0 Å². The quantitative estimate of drug-likeness (QED) is 0.916. The first-order valence-corrected chi connectivity index (χ1v) is 7.06. The van der Waals surface area contributed by atoms with E-state index in [1.165, 1.54) is 18.9 Å². The van der Waals surface area contributed by atoms with Crippen LogP contribution >= 0.6 is 0 Å². The summed E-state index contributed by atoms with van der Waals surface area (Å²) in [4.78, 5) is 9.17. The van der Waals surface area contributed by atoms with Crippen LogP contribution in [0.1, 0.15) is 36.9 Å². The number of nitrogens with one attached hydrogen (secondary N) is 1. The van der Waals surface area contributed by atoms with Crippen LogP contribution in [-0.2, 0) is 0 Å². The molecule has 1 heterocycles. The third-order valence-corrected chi connectivity index (χ3v) is 3.52. The van der Waals surface area contributed by atoms with Gasteiger partial charge in [-0.1, -0.05) is 0 Å². The summed E-state index contributed by atoms with van der Waals surface area (Å²) in [5.74, 6) is 1.89. The van der Waals surface area contributed by atoms with E-state index < -0.39 is 0 Å². The molecule has 0 spiro atoms. The van der Waals surface area contributed by atoms with Crippen molar-refractivity contribution in [1.29, 1.82) is 0 Å². The van der Waals surface area contributed by atoms with E-state index in [0.29, 0.717) is 17.3 Å². The second-order valence-electron chi connectivity index (χ2n) is 5.27. The van der Waals surface area contributed by atoms with Gasteiger partial charge >= 0.3 is 0 Å². The van der Waals surface area contributed by atoms with Crippen molar-refractivity contribution < 1.29 is 4.39 Å². The molecule has 1 fully saturated rings. The molecule has 0 unspecified atom stereocenters. The van der Waals surface area contributed by atoms with E-state index in [4.69, 9.17) is 0 Å². The Labute approximate surface area is 118 Å². The smallest absolute Gasteiger partial charge is 0.161 e. The van der Waals surface area contributed by atoms with Crippen LogP contribution < -0.4 is 5.32 Å². The molecule has 3 rings (SSSR count). The lowest BCUT2D eigenvalue weighted by Crippen LogP contribution is -2.04. The molecule has 0 atom stereocenters. The van der Waals surface area contributed by atoms with E-state index in [1.54, 1.807) is 19.1 Å². The van der Waals surface area contributed by atoms with Gasteiger partial charge in [0.1, 0.15) is 11.6 Å². The van der Waals surface area contributed by atoms with Crippen LogP contribution in [0.4, 0.5) is 10.2 Å². The number of aryl methyl sites for hydroxylation is 1. The predicted molar refractivity (Wildman–Crippen MR) is 78.3 cm³/mol. The highest BCUT2D eigenvalue weighted by Gasteiger charge is 2.26. The Kier molecular flexibility index (Phi) is 3.38. The summed E-state index contributed by atoms with van der Waals surface area (Å²) < 4.78 is 13.4. The van der Waals surface area contributed by atoms with E-state index in [2.05, 4.69) is 15.3 Å². The Hall–Kier alpha value is -1.97.